The Morgan fingerprint density at radius 1 is 1.12 bits per heavy atom. The number of carbonyl (C=O) groups is 1. The second-order valence-corrected chi connectivity index (χ2v) is 8.18. The first-order valence-corrected chi connectivity index (χ1v) is 9.27. The van der Waals surface area contributed by atoms with Crippen molar-refractivity contribution in [2.24, 2.45) is 0 Å². The standard InChI is InChI=1S/C17H16N2O5S/c1-11-6-12(2)8-15(7-11)18-16(20)10-25(23,24)17(18)13-4-3-5-14(9-13)19(21)22/h3-9,17H,10H2,1-2H3. The molecule has 2 aromatic carbocycles. The number of nitro groups is 1. The van der Waals surface area contributed by atoms with Gasteiger partial charge in [-0.25, -0.2) is 8.42 Å². The van der Waals surface area contributed by atoms with Crippen LogP contribution >= 0.6 is 0 Å². The van der Waals surface area contributed by atoms with Gasteiger partial charge in [-0.3, -0.25) is 19.8 Å². The van der Waals surface area contributed by atoms with Crippen molar-refractivity contribution in [2.45, 2.75) is 19.2 Å². The summed E-state index contributed by atoms with van der Waals surface area (Å²) >= 11 is 0. The Hall–Kier alpha value is -2.74. The zero-order chi connectivity index (χ0) is 18.4. The molecule has 0 bridgehead atoms. The quantitative estimate of drug-likeness (QED) is 0.619. The van der Waals surface area contributed by atoms with Gasteiger partial charge < -0.3 is 0 Å². The fourth-order valence-electron chi connectivity index (χ4n) is 3.13. The van der Waals surface area contributed by atoms with Gasteiger partial charge in [0.1, 0.15) is 5.75 Å². The molecule has 1 heterocycles. The second kappa shape index (κ2) is 5.96. The summed E-state index contributed by atoms with van der Waals surface area (Å²) < 4.78 is 25.2. The van der Waals surface area contributed by atoms with Crippen LogP contribution in [0, 0.1) is 24.0 Å². The van der Waals surface area contributed by atoms with Gasteiger partial charge >= 0.3 is 0 Å². The molecular weight excluding hydrogens is 344 g/mol. The number of carbonyl (C=O) groups excluding carboxylic acids is 1. The molecule has 130 valence electrons. The number of hydrogen-bond acceptors (Lipinski definition) is 5. The predicted octanol–water partition coefficient (Wildman–Crippen LogP) is 2.67. The average Bonchev–Trinajstić information content (AvgIpc) is 2.75. The minimum Gasteiger partial charge on any atom is -0.290 e. The Kier molecular flexibility index (Phi) is 4.08. The van der Waals surface area contributed by atoms with E-state index in [1.807, 2.05) is 19.9 Å². The summed E-state index contributed by atoms with van der Waals surface area (Å²) in [7, 11) is -3.80. The van der Waals surface area contributed by atoms with Crippen LogP contribution in [0.5, 0.6) is 0 Å². The van der Waals surface area contributed by atoms with Crippen LogP contribution in [0.3, 0.4) is 0 Å². The maximum Gasteiger partial charge on any atom is 0.269 e. The van der Waals surface area contributed by atoms with Crippen LogP contribution in [0.1, 0.15) is 22.1 Å². The van der Waals surface area contributed by atoms with Crippen LogP contribution in [-0.2, 0) is 14.6 Å². The third-order valence-corrected chi connectivity index (χ3v) is 5.83. The smallest absolute Gasteiger partial charge is 0.269 e. The Bertz CT molecular complexity index is 964. The van der Waals surface area contributed by atoms with E-state index in [0.29, 0.717) is 5.69 Å². The van der Waals surface area contributed by atoms with Gasteiger partial charge in [-0.2, -0.15) is 0 Å². The molecule has 3 rings (SSSR count). The number of aryl methyl sites for hydroxylation is 2. The number of amides is 1. The van der Waals surface area contributed by atoms with Gasteiger partial charge in [-0.05, 0) is 42.7 Å². The van der Waals surface area contributed by atoms with E-state index >= 15 is 0 Å². The van der Waals surface area contributed by atoms with E-state index in [0.717, 1.165) is 11.1 Å². The molecule has 0 aromatic heterocycles. The van der Waals surface area contributed by atoms with Crippen molar-refractivity contribution in [3.05, 3.63) is 69.3 Å². The molecule has 0 N–H and O–H groups in total. The molecule has 25 heavy (non-hydrogen) atoms. The maximum atomic E-state index is 12.6. The van der Waals surface area contributed by atoms with Crippen LogP contribution in [0.15, 0.2) is 42.5 Å². The number of sulfone groups is 1. The zero-order valence-corrected chi connectivity index (χ0v) is 14.5. The molecule has 1 unspecified atom stereocenters. The number of benzene rings is 2. The van der Waals surface area contributed by atoms with Gasteiger partial charge in [0.15, 0.2) is 15.2 Å². The van der Waals surface area contributed by atoms with Crippen molar-refractivity contribution in [1.29, 1.82) is 0 Å². The lowest BCUT2D eigenvalue weighted by atomic mass is 10.1. The van der Waals surface area contributed by atoms with E-state index in [9.17, 15) is 23.3 Å². The third kappa shape index (κ3) is 3.12. The summed E-state index contributed by atoms with van der Waals surface area (Å²) in [4.78, 5) is 24.1. The van der Waals surface area contributed by atoms with Gasteiger partial charge in [0.25, 0.3) is 5.69 Å². The van der Waals surface area contributed by atoms with Gasteiger partial charge in [0.2, 0.25) is 5.91 Å². The number of nitro benzene ring substituents is 1. The number of hydrogen-bond donors (Lipinski definition) is 0. The first-order chi connectivity index (χ1) is 11.7. The molecular formula is C17H16N2O5S. The highest BCUT2D eigenvalue weighted by Gasteiger charge is 2.46. The highest BCUT2D eigenvalue weighted by atomic mass is 32.2. The molecule has 1 fully saturated rings. The van der Waals surface area contributed by atoms with E-state index in [1.165, 1.54) is 29.2 Å². The fourth-order valence-corrected chi connectivity index (χ4v) is 4.89. The number of rotatable bonds is 3. The summed E-state index contributed by atoms with van der Waals surface area (Å²) in [5.74, 6) is -1.16. The molecule has 0 spiro atoms. The Morgan fingerprint density at radius 2 is 1.76 bits per heavy atom. The molecule has 1 aliphatic heterocycles. The second-order valence-electron chi connectivity index (χ2n) is 6.12. The lowest BCUT2D eigenvalue weighted by molar-refractivity contribution is -0.384. The molecule has 1 aliphatic rings. The van der Waals surface area contributed by atoms with Crippen molar-refractivity contribution in [3.63, 3.8) is 0 Å². The molecule has 0 aliphatic carbocycles. The fraction of sp³-hybridized carbons (Fsp3) is 0.235. The van der Waals surface area contributed by atoms with E-state index < -0.39 is 31.8 Å². The van der Waals surface area contributed by atoms with Crippen LogP contribution in [0.25, 0.3) is 0 Å². The maximum absolute atomic E-state index is 12.6. The monoisotopic (exact) mass is 360 g/mol. The molecule has 1 saturated heterocycles. The average molecular weight is 360 g/mol. The highest BCUT2D eigenvalue weighted by Crippen LogP contribution is 2.38. The molecule has 8 heteroatoms. The van der Waals surface area contributed by atoms with Crippen molar-refractivity contribution in [1.82, 2.24) is 0 Å². The van der Waals surface area contributed by atoms with E-state index in [4.69, 9.17) is 0 Å². The Balaban J connectivity index is 2.18. The molecule has 2 aromatic rings. The first kappa shape index (κ1) is 17.1. The van der Waals surface area contributed by atoms with Crippen LogP contribution in [-0.4, -0.2) is 25.0 Å². The van der Waals surface area contributed by atoms with E-state index in [1.54, 1.807) is 12.1 Å². The summed E-state index contributed by atoms with van der Waals surface area (Å²) in [6.45, 7) is 3.71. The van der Waals surface area contributed by atoms with E-state index in [2.05, 4.69) is 0 Å². The Morgan fingerprint density at radius 3 is 2.36 bits per heavy atom. The first-order valence-electron chi connectivity index (χ1n) is 7.55. The van der Waals surface area contributed by atoms with Gasteiger partial charge in [-0.1, -0.05) is 18.2 Å². The van der Waals surface area contributed by atoms with Crippen LogP contribution in [0.2, 0.25) is 0 Å². The van der Waals surface area contributed by atoms with Crippen LogP contribution < -0.4 is 4.90 Å². The molecule has 0 radical (unpaired) electrons. The lowest BCUT2D eigenvalue weighted by Gasteiger charge is -2.24. The van der Waals surface area contributed by atoms with Gasteiger partial charge in [-0.15, -0.1) is 0 Å². The van der Waals surface area contributed by atoms with Gasteiger partial charge in [0, 0.05) is 17.8 Å². The highest BCUT2D eigenvalue weighted by molar-refractivity contribution is 7.93. The van der Waals surface area contributed by atoms with Crippen LogP contribution in [0.4, 0.5) is 11.4 Å². The van der Waals surface area contributed by atoms with Gasteiger partial charge in [0.05, 0.1) is 4.92 Å². The number of anilines is 1. The molecule has 1 atom stereocenters. The normalized spacial score (nSPS) is 19.2. The van der Waals surface area contributed by atoms with Crippen molar-refractivity contribution >= 4 is 27.1 Å². The minimum atomic E-state index is -3.80. The number of non-ortho nitro benzene ring substituents is 1. The predicted molar refractivity (Wildman–Crippen MR) is 93.0 cm³/mol. The summed E-state index contributed by atoms with van der Waals surface area (Å²) in [6, 6.07) is 10.8. The molecule has 1 amide bonds. The number of nitrogens with zero attached hydrogens (tertiary/aromatic N) is 2. The molecule has 0 saturated carbocycles. The van der Waals surface area contributed by atoms with Crippen molar-refractivity contribution < 1.29 is 18.1 Å². The SMILES string of the molecule is Cc1cc(C)cc(N2C(=O)CS(=O)(=O)C2c2cccc([N+](=O)[O-])c2)c1. The third-order valence-electron chi connectivity index (χ3n) is 4.02. The summed E-state index contributed by atoms with van der Waals surface area (Å²) in [5, 5.41) is 9.75. The zero-order valence-electron chi connectivity index (χ0n) is 13.7. The van der Waals surface area contributed by atoms with Crippen molar-refractivity contribution in [2.75, 3.05) is 10.7 Å². The summed E-state index contributed by atoms with van der Waals surface area (Å²) in [6.07, 6.45) is 0. The summed E-state index contributed by atoms with van der Waals surface area (Å²) in [5.41, 5.74) is 2.25. The molecule has 7 nitrogen and oxygen atoms in total. The van der Waals surface area contributed by atoms with E-state index in [-0.39, 0.29) is 11.3 Å². The van der Waals surface area contributed by atoms with Crippen molar-refractivity contribution in [3.8, 4) is 0 Å². The minimum absolute atomic E-state index is 0.208. The Labute approximate surface area is 145 Å². The lowest BCUT2D eigenvalue weighted by Crippen LogP contribution is -2.29. The largest absolute Gasteiger partial charge is 0.290 e. The topological polar surface area (TPSA) is 97.6 Å².